The average molecular weight is 277 g/mol. The number of nitrogens with zero attached hydrogens (tertiary/aromatic N) is 2. The topological polar surface area (TPSA) is 44.8 Å². The number of carbonyl (C=O) groups is 1. The molecular weight excluding hydrogens is 254 g/mol. The number of benzene rings is 1. The molecule has 5 nitrogen and oxygen atoms in total. The van der Waals surface area contributed by atoms with Gasteiger partial charge in [0.1, 0.15) is 0 Å². The van der Waals surface area contributed by atoms with Crippen molar-refractivity contribution in [2.75, 3.05) is 37.5 Å². The molecule has 1 N–H and O–H groups in total. The standard InChI is InChI=1S/C15H23N3O2/c1-11-10-20-12(2)9-18(11)14-7-5-13(6-8-14)16-15(19)17(3)4/h5-8,11-12H,9-10H2,1-4H3,(H,16,19). The molecule has 5 heteroatoms. The van der Waals surface area contributed by atoms with E-state index < -0.39 is 0 Å². The van der Waals surface area contributed by atoms with E-state index in [2.05, 4.69) is 24.1 Å². The van der Waals surface area contributed by atoms with Gasteiger partial charge in [-0.1, -0.05) is 0 Å². The third-order valence-electron chi connectivity index (χ3n) is 3.46. The molecule has 0 spiro atoms. The zero-order chi connectivity index (χ0) is 14.7. The Balaban J connectivity index is 2.05. The van der Waals surface area contributed by atoms with Crippen LogP contribution in [-0.2, 0) is 4.74 Å². The van der Waals surface area contributed by atoms with Gasteiger partial charge in [-0.25, -0.2) is 4.79 Å². The molecule has 2 rings (SSSR count). The van der Waals surface area contributed by atoms with Gasteiger partial charge in [-0.3, -0.25) is 0 Å². The molecule has 2 atom stereocenters. The fourth-order valence-corrected chi connectivity index (χ4v) is 2.23. The molecule has 1 aromatic carbocycles. The second-order valence-corrected chi connectivity index (χ2v) is 5.52. The molecule has 0 aliphatic carbocycles. The van der Waals surface area contributed by atoms with Crippen molar-refractivity contribution in [1.29, 1.82) is 0 Å². The Hall–Kier alpha value is -1.75. The van der Waals surface area contributed by atoms with Crippen LogP contribution in [0, 0.1) is 0 Å². The first kappa shape index (κ1) is 14.7. The van der Waals surface area contributed by atoms with E-state index in [4.69, 9.17) is 4.74 Å². The number of urea groups is 1. The van der Waals surface area contributed by atoms with Gasteiger partial charge in [0, 0.05) is 38.1 Å². The van der Waals surface area contributed by atoms with Crippen molar-refractivity contribution >= 4 is 17.4 Å². The predicted molar refractivity (Wildman–Crippen MR) is 81.4 cm³/mol. The Labute approximate surface area is 120 Å². The molecule has 1 aliphatic rings. The highest BCUT2D eigenvalue weighted by Crippen LogP contribution is 2.23. The van der Waals surface area contributed by atoms with Crippen LogP contribution < -0.4 is 10.2 Å². The maximum atomic E-state index is 11.6. The summed E-state index contributed by atoms with van der Waals surface area (Å²) in [6, 6.07) is 8.20. The number of nitrogens with one attached hydrogen (secondary N) is 1. The third kappa shape index (κ3) is 3.42. The Kier molecular flexibility index (Phi) is 4.49. The predicted octanol–water partition coefficient (Wildman–Crippen LogP) is 2.39. The van der Waals surface area contributed by atoms with E-state index >= 15 is 0 Å². The summed E-state index contributed by atoms with van der Waals surface area (Å²) in [6.07, 6.45) is 0.249. The first-order valence-corrected chi connectivity index (χ1v) is 6.94. The van der Waals surface area contributed by atoms with Crippen LogP contribution in [0.25, 0.3) is 0 Å². The van der Waals surface area contributed by atoms with Crippen molar-refractivity contribution in [3.63, 3.8) is 0 Å². The van der Waals surface area contributed by atoms with Gasteiger partial charge in [0.25, 0.3) is 0 Å². The van der Waals surface area contributed by atoms with Crippen LogP contribution in [0.1, 0.15) is 13.8 Å². The van der Waals surface area contributed by atoms with E-state index in [0.29, 0.717) is 6.04 Å². The van der Waals surface area contributed by atoms with E-state index in [1.54, 1.807) is 14.1 Å². The van der Waals surface area contributed by atoms with Crippen molar-refractivity contribution in [3.05, 3.63) is 24.3 Å². The lowest BCUT2D eigenvalue weighted by molar-refractivity contribution is 0.0344. The quantitative estimate of drug-likeness (QED) is 0.903. The summed E-state index contributed by atoms with van der Waals surface area (Å²) in [4.78, 5) is 15.4. The molecule has 2 unspecified atom stereocenters. The second kappa shape index (κ2) is 6.13. The summed E-state index contributed by atoms with van der Waals surface area (Å²) in [5.74, 6) is 0. The van der Waals surface area contributed by atoms with Crippen molar-refractivity contribution in [3.8, 4) is 0 Å². The van der Waals surface area contributed by atoms with Crippen LogP contribution >= 0.6 is 0 Å². The summed E-state index contributed by atoms with van der Waals surface area (Å²) in [5, 5.41) is 2.84. The maximum absolute atomic E-state index is 11.6. The minimum atomic E-state index is -0.119. The van der Waals surface area contributed by atoms with E-state index in [1.807, 2.05) is 24.3 Å². The molecule has 1 fully saturated rings. The van der Waals surface area contributed by atoms with Gasteiger partial charge in [-0.2, -0.15) is 0 Å². The summed E-state index contributed by atoms with van der Waals surface area (Å²) < 4.78 is 5.64. The summed E-state index contributed by atoms with van der Waals surface area (Å²) in [6.45, 7) is 5.89. The molecule has 1 aromatic rings. The Morgan fingerprint density at radius 3 is 2.55 bits per heavy atom. The molecule has 1 saturated heterocycles. The summed E-state index contributed by atoms with van der Waals surface area (Å²) >= 11 is 0. The highest BCUT2D eigenvalue weighted by molar-refractivity contribution is 5.89. The van der Waals surface area contributed by atoms with E-state index in [0.717, 1.165) is 24.5 Å². The van der Waals surface area contributed by atoms with Crippen LogP contribution in [0.15, 0.2) is 24.3 Å². The molecule has 0 radical (unpaired) electrons. The zero-order valence-corrected chi connectivity index (χ0v) is 12.6. The maximum Gasteiger partial charge on any atom is 0.321 e. The molecule has 110 valence electrons. The number of carbonyl (C=O) groups excluding carboxylic acids is 1. The van der Waals surface area contributed by atoms with E-state index in [-0.39, 0.29) is 12.1 Å². The number of anilines is 2. The minimum absolute atomic E-state index is 0.119. The molecule has 20 heavy (non-hydrogen) atoms. The third-order valence-corrected chi connectivity index (χ3v) is 3.46. The lowest BCUT2D eigenvalue weighted by Crippen LogP contribution is -2.47. The van der Waals surface area contributed by atoms with Crippen molar-refractivity contribution in [1.82, 2.24) is 4.90 Å². The molecule has 0 aromatic heterocycles. The highest BCUT2D eigenvalue weighted by atomic mass is 16.5. The number of amides is 2. The second-order valence-electron chi connectivity index (χ2n) is 5.52. The van der Waals surface area contributed by atoms with Crippen molar-refractivity contribution in [2.45, 2.75) is 26.0 Å². The average Bonchev–Trinajstić information content (AvgIpc) is 2.42. The SMILES string of the molecule is CC1CN(c2ccc(NC(=O)N(C)C)cc2)C(C)CO1. The normalized spacial score (nSPS) is 22.5. The van der Waals surface area contributed by atoms with Crippen LogP contribution in [0.3, 0.4) is 0 Å². The fraction of sp³-hybridized carbons (Fsp3) is 0.533. The van der Waals surface area contributed by atoms with Gasteiger partial charge in [-0.05, 0) is 38.1 Å². The molecule has 0 bridgehead atoms. The zero-order valence-electron chi connectivity index (χ0n) is 12.6. The molecule has 1 heterocycles. The van der Waals surface area contributed by atoms with E-state index in [9.17, 15) is 4.79 Å². The van der Waals surface area contributed by atoms with Crippen LogP contribution in [0.4, 0.5) is 16.2 Å². The van der Waals surface area contributed by atoms with E-state index in [1.165, 1.54) is 4.90 Å². The summed E-state index contributed by atoms with van der Waals surface area (Å²) in [7, 11) is 3.45. The molecular formula is C15H23N3O2. The largest absolute Gasteiger partial charge is 0.375 e. The highest BCUT2D eigenvalue weighted by Gasteiger charge is 2.23. The van der Waals surface area contributed by atoms with Gasteiger partial charge in [0.15, 0.2) is 0 Å². The lowest BCUT2D eigenvalue weighted by Gasteiger charge is -2.38. The number of hydrogen-bond donors (Lipinski definition) is 1. The smallest absolute Gasteiger partial charge is 0.321 e. The first-order chi connectivity index (χ1) is 9.47. The van der Waals surface area contributed by atoms with Crippen LogP contribution in [0.2, 0.25) is 0 Å². The molecule has 0 saturated carbocycles. The van der Waals surface area contributed by atoms with Crippen molar-refractivity contribution < 1.29 is 9.53 Å². The van der Waals surface area contributed by atoms with Gasteiger partial charge < -0.3 is 19.9 Å². The lowest BCUT2D eigenvalue weighted by atomic mass is 10.1. The van der Waals surface area contributed by atoms with Crippen LogP contribution in [-0.4, -0.2) is 50.3 Å². The number of hydrogen-bond acceptors (Lipinski definition) is 3. The Morgan fingerprint density at radius 1 is 1.30 bits per heavy atom. The fourth-order valence-electron chi connectivity index (χ4n) is 2.23. The minimum Gasteiger partial charge on any atom is -0.375 e. The van der Waals surface area contributed by atoms with Crippen molar-refractivity contribution in [2.24, 2.45) is 0 Å². The molecule has 2 amide bonds. The number of morpholine rings is 1. The van der Waals surface area contributed by atoms with Gasteiger partial charge in [-0.15, -0.1) is 0 Å². The number of rotatable bonds is 2. The van der Waals surface area contributed by atoms with Gasteiger partial charge in [0.2, 0.25) is 0 Å². The monoisotopic (exact) mass is 277 g/mol. The van der Waals surface area contributed by atoms with Gasteiger partial charge in [0.05, 0.1) is 12.7 Å². The van der Waals surface area contributed by atoms with Crippen LogP contribution in [0.5, 0.6) is 0 Å². The Bertz CT molecular complexity index is 459. The summed E-state index contributed by atoms with van der Waals surface area (Å²) in [5.41, 5.74) is 1.97. The number of ether oxygens (including phenoxy) is 1. The molecule has 1 aliphatic heterocycles. The first-order valence-electron chi connectivity index (χ1n) is 6.94. The Morgan fingerprint density at radius 2 is 1.95 bits per heavy atom. The van der Waals surface area contributed by atoms with Gasteiger partial charge >= 0.3 is 6.03 Å².